The molecule has 2 aromatic carbocycles. The summed E-state index contributed by atoms with van der Waals surface area (Å²) < 4.78 is 26.1. The summed E-state index contributed by atoms with van der Waals surface area (Å²) in [5.41, 5.74) is 1.77. The van der Waals surface area contributed by atoms with E-state index in [1.165, 1.54) is 13.0 Å². The van der Waals surface area contributed by atoms with Crippen LogP contribution in [-0.2, 0) is 19.6 Å². The minimum Gasteiger partial charge on any atom is -0.326 e. The first-order valence-corrected chi connectivity index (χ1v) is 10.7. The number of benzene rings is 2. The monoisotopic (exact) mass is 435 g/mol. The number of amides is 2. The lowest BCUT2D eigenvalue weighted by molar-refractivity contribution is -0.116. The molecule has 0 atom stereocenters. The number of carbonyl (C=O) groups is 2. The summed E-state index contributed by atoms with van der Waals surface area (Å²) in [7, 11) is -3.78. The van der Waals surface area contributed by atoms with E-state index >= 15 is 0 Å². The van der Waals surface area contributed by atoms with Gasteiger partial charge in [0.1, 0.15) is 0 Å². The van der Waals surface area contributed by atoms with Gasteiger partial charge in [-0.3, -0.25) is 9.59 Å². The number of sulfonamides is 1. The third-order valence-corrected chi connectivity index (χ3v) is 5.66. The fourth-order valence-corrected chi connectivity index (χ4v) is 3.69. The quantitative estimate of drug-likeness (QED) is 0.662. The van der Waals surface area contributed by atoms with Crippen molar-refractivity contribution < 1.29 is 18.0 Å². The summed E-state index contributed by atoms with van der Waals surface area (Å²) >= 11 is 5.82. The van der Waals surface area contributed by atoms with Gasteiger partial charge in [0.05, 0.1) is 6.54 Å². The van der Waals surface area contributed by atoms with Gasteiger partial charge in [-0.1, -0.05) is 30.7 Å². The minimum absolute atomic E-state index is 0.141. The van der Waals surface area contributed by atoms with Crippen molar-refractivity contribution in [3.63, 3.8) is 0 Å². The minimum atomic E-state index is -3.78. The number of anilines is 2. The Labute approximate surface area is 175 Å². The zero-order chi connectivity index (χ0) is 21.4. The third-order valence-electron chi connectivity index (χ3n) is 3.82. The highest BCUT2D eigenvalue weighted by atomic mass is 35.5. The average molecular weight is 436 g/mol. The molecule has 0 aliphatic rings. The number of nitrogens with zero attached hydrogens (tertiary/aromatic N) is 1. The molecule has 0 aromatic heterocycles. The van der Waals surface area contributed by atoms with Crippen molar-refractivity contribution in [2.75, 3.05) is 23.7 Å². The fourth-order valence-electron chi connectivity index (χ4n) is 2.41. The number of halogens is 1. The first kappa shape index (κ1) is 22.6. The van der Waals surface area contributed by atoms with E-state index in [1.807, 2.05) is 0 Å². The molecule has 0 aliphatic heterocycles. The maximum Gasteiger partial charge on any atom is 0.239 e. The predicted octanol–water partition coefficient (Wildman–Crippen LogP) is 3.56. The summed E-state index contributed by atoms with van der Waals surface area (Å²) in [5.74, 6) is -0.667. The molecule has 154 valence electrons. The number of rotatable bonds is 8. The molecule has 2 N–H and O–H groups in total. The van der Waals surface area contributed by atoms with Gasteiger partial charge in [-0.25, -0.2) is 8.42 Å². The van der Waals surface area contributed by atoms with E-state index in [0.29, 0.717) is 22.0 Å². The van der Waals surface area contributed by atoms with Gasteiger partial charge in [-0.2, -0.15) is 4.31 Å². The largest absolute Gasteiger partial charge is 0.326 e. The van der Waals surface area contributed by atoms with Crippen LogP contribution in [0.3, 0.4) is 0 Å². The summed E-state index contributed by atoms with van der Waals surface area (Å²) in [5, 5.41) is 6.89. The maximum atomic E-state index is 12.5. The van der Waals surface area contributed by atoms with Crippen LogP contribution in [0.25, 0.3) is 6.08 Å². The van der Waals surface area contributed by atoms with Crippen LogP contribution < -0.4 is 10.6 Å². The molecule has 0 fully saturated rings. The summed E-state index contributed by atoms with van der Waals surface area (Å²) in [4.78, 5) is 23.3. The lowest BCUT2D eigenvalue weighted by Gasteiger charge is -2.18. The normalized spacial score (nSPS) is 11.6. The standard InChI is InChI=1S/C20H22ClN3O4S/c1-3-24(29(27,28)13-12-16-4-6-17(21)7-5-16)14-20(26)23-19-10-8-18(9-11-19)22-15(2)25/h4-13H,3,14H2,1-2H3,(H,22,25)(H,23,26)/b13-12+. The van der Waals surface area contributed by atoms with Crippen LogP contribution in [0.2, 0.25) is 5.02 Å². The Balaban J connectivity index is 2.00. The molecule has 2 rings (SSSR count). The Morgan fingerprint density at radius 3 is 2.07 bits per heavy atom. The van der Waals surface area contributed by atoms with E-state index < -0.39 is 15.9 Å². The van der Waals surface area contributed by atoms with Gasteiger partial charge in [0.2, 0.25) is 21.8 Å². The molecule has 0 heterocycles. The van der Waals surface area contributed by atoms with Gasteiger partial charge in [0, 0.05) is 35.3 Å². The summed E-state index contributed by atoms with van der Waals surface area (Å²) in [6, 6.07) is 13.2. The number of likely N-dealkylation sites (N-methyl/N-ethyl adjacent to an activating group) is 1. The average Bonchev–Trinajstić information content (AvgIpc) is 2.66. The second kappa shape index (κ2) is 10.2. The highest BCUT2D eigenvalue weighted by molar-refractivity contribution is 7.92. The maximum absolute atomic E-state index is 12.5. The van der Waals surface area contributed by atoms with Gasteiger partial charge in [0.25, 0.3) is 0 Å². The smallest absolute Gasteiger partial charge is 0.239 e. The molecule has 9 heteroatoms. The SMILES string of the molecule is CCN(CC(=O)Nc1ccc(NC(C)=O)cc1)S(=O)(=O)/C=C/c1ccc(Cl)cc1. The van der Waals surface area contributed by atoms with E-state index in [-0.39, 0.29) is 19.0 Å². The first-order chi connectivity index (χ1) is 13.7. The molecule has 0 spiro atoms. The van der Waals surface area contributed by atoms with Gasteiger partial charge in [-0.05, 0) is 48.0 Å². The van der Waals surface area contributed by atoms with Gasteiger partial charge in [0.15, 0.2) is 0 Å². The van der Waals surface area contributed by atoms with E-state index in [2.05, 4.69) is 10.6 Å². The molecule has 2 amide bonds. The van der Waals surface area contributed by atoms with Crippen LogP contribution in [0.5, 0.6) is 0 Å². The van der Waals surface area contributed by atoms with Crippen molar-refractivity contribution in [2.45, 2.75) is 13.8 Å². The van der Waals surface area contributed by atoms with Crippen LogP contribution in [0.4, 0.5) is 11.4 Å². The number of nitrogens with one attached hydrogen (secondary N) is 2. The molecule has 0 radical (unpaired) electrons. The van der Waals surface area contributed by atoms with Crippen LogP contribution >= 0.6 is 11.6 Å². The van der Waals surface area contributed by atoms with Gasteiger partial charge >= 0.3 is 0 Å². The van der Waals surface area contributed by atoms with Crippen molar-refractivity contribution in [3.8, 4) is 0 Å². The predicted molar refractivity (Wildman–Crippen MR) is 116 cm³/mol. The molecule has 7 nitrogen and oxygen atoms in total. The Bertz CT molecular complexity index is 987. The van der Waals surface area contributed by atoms with Crippen molar-refractivity contribution in [2.24, 2.45) is 0 Å². The van der Waals surface area contributed by atoms with Crippen LogP contribution in [0.1, 0.15) is 19.4 Å². The summed E-state index contributed by atoms with van der Waals surface area (Å²) in [6.07, 6.45) is 1.45. The van der Waals surface area contributed by atoms with Crippen molar-refractivity contribution >= 4 is 50.9 Å². The number of carbonyl (C=O) groups excluding carboxylic acids is 2. The Hall–Kier alpha value is -2.68. The lowest BCUT2D eigenvalue weighted by atomic mass is 10.2. The fraction of sp³-hybridized carbons (Fsp3) is 0.200. The van der Waals surface area contributed by atoms with E-state index in [9.17, 15) is 18.0 Å². The Morgan fingerprint density at radius 2 is 1.55 bits per heavy atom. The summed E-state index contributed by atoms with van der Waals surface area (Å²) in [6.45, 7) is 2.87. The highest BCUT2D eigenvalue weighted by Gasteiger charge is 2.20. The molecule has 0 bridgehead atoms. The molecule has 0 aliphatic carbocycles. The second-order valence-electron chi connectivity index (χ2n) is 6.13. The van der Waals surface area contributed by atoms with Crippen LogP contribution in [-0.4, -0.2) is 37.6 Å². The van der Waals surface area contributed by atoms with Gasteiger partial charge in [-0.15, -0.1) is 0 Å². The zero-order valence-corrected chi connectivity index (χ0v) is 17.6. The van der Waals surface area contributed by atoms with Crippen molar-refractivity contribution in [1.82, 2.24) is 4.31 Å². The zero-order valence-electron chi connectivity index (χ0n) is 16.1. The van der Waals surface area contributed by atoms with E-state index in [0.717, 1.165) is 9.71 Å². The number of hydrogen-bond acceptors (Lipinski definition) is 4. The highest BCUT2D eigenvalue weighted by Crippen LogP contribution is 2.15. The van der Waals surface area contributed by atoms with E-state index in [4.69, 9.17) is 11.6 Å². The first-order valence-electron chi connectivity index (χ1n) is 8.81. The molecule has 0 saturated carbocycles. The molecule has 0 unspecified atom stereocenters. The molecule has 0 saturated heterocycles. The van der Waals surface area contributed by atoms with Crippen LogP contribution in [0, 0.1) is 0 Å². The lowest BCUT2D eigenvalue weighted by Crippen LogP contribution is -2.36. The molecular weight excluding hydrogens is 414 g/mol. The molecule has 2 aromatic rings. The van der Waals surface area contributed by atoms with E-state index in [1.54, 1.807) is 55.5 Å². The molecule has 29 heavy (non-hydrogen) atoms. The molecular formula is C20H22ClN3O4S. The number of hydrogen-bond donors (Lipinski definition) is 2. The van der Waals surface area contributed by atoms with Crippen molar-refractivity contribution in [1.29, 1.82) is 0 Å². The van der Waals surface area contributed by atoms with Gasteiger partial charge < -0.3 is 10.6 Å². The topological polar surface area (TPSA) is 95.6 Å². The van der Waals surface area contributed by atoms with Crippen molar-refractivity contribution in [3.05, 3.63) is 64.5 Å². The Morgan fingerprint density at radius 1 is 1.00 bits per heavy atom. The third kappa shape index (κ3) is 7.34. The second-order valence-corrected chi connectivity index (χ2v) is 8.39. The van der Waals surface area contributed by atoms with Crippen LogP contribution in [0.15, 0.2) is 53.9 Å². The Kier molecular flexibility index (Phi) is 7.95.